The predicted octanol–water partition coefficient (Wildman–Crippen LogP) is -1.63. The van der Waals surface area contributed by atoms with E-state index in [9.17, 15) is 14.7 Å². The molecule has 1 saturated heterocycles. The largest absolute Gasteiger partial charge is 0.480 e. The van der Waals surface area contributed by atoms with Gasteiger partial charge in [0.2, 0.25) is 0 Å². The van der Waals surface area contributed by atoms with Crippen molar-refractivity contribution in [3.05, 3.63) is 0 Å². The third-order valence-electron chi connectivity index (χ3n) is 2.31. The van der Waals surface area contributed by atoms with E-state index < -0.39 is 24.1 Å². The van der Waals surface area contributed by atoms with Crippen LogP contribution in [-0.2, 0) is 9.53 Å². The highest BCUT2D eigenvalue weighted by Crippen LogP contribution is 1.95. The summed E-state index contributed by atoms with van der Waals surface area (Å²) in [6.07, 6.45) is -1.16. The maximum absolute atomic E-state index is 11.5. The molecule has 0 saturated carbocycles. The summed E-state index contributed by atoms with van der Waals surface area (Å²) >= 11 is 0. The van der Waals surface area contributed by atoms with Crippen LogP contribution in [0.1, 0.15) is 6.92 Å². The van der Waals surface area contributed by atoms with E-state index in [4.69, 9.17) is 9.84 Å². The van der Waals surface area contributed by atoms with Gasteiger partial charge in [0.05, 0.1) is 19.3 Å². The van der Waals surface area contributed by atoms with Crippen LogP contribution in [0.3, 0.4) is 0 Å². The van der Waals surface area contributed by atoms with Crippen LogP contribution in [0.5, 0.6) is 0 Å². The topological polar surface area (TPSA) is 111 Å². The Bertz CT molecular complexity index is 278. The number of hydrogen-bond donors (Lipinski definition) is 4. The Labute approximate surface area is 98.5 Å². The van der Waals surface area contributed by atoms with Crippen LogP contribution < -0.4 is 10.7 Å². The number of carboxylic acid groups (broad SMARTS) is 1. The van der Waals surface area contributed by atoms with Crippen LogP contribution in [0.4, 0.5) is 4.79 Å². The molecular formula is C9H17N3O5. The highest BCUT2D eigenvalue weighted by atomic mass is 16.5. The fourth-order valence-electron chi connectivity index (χ4n) is 1.38. The van der Waals surface area contributed by atoms with E-state index >= 15 is 0 Å². The molecule has 8 heteroatoms. The Morgan fingerprint density at radius 1 is 1.35 bits per heavy atom. The van der Waals surface area contributed by atoms with Crippen LogP contribution in [0.15, 0.2) is 0 Å². The van der Waals surface area contributed by atoms with Crippen molar-refractivity contribution in [3.63, 3.8) is 0 Å². The number of nitrogens with zero attached hydrogens (tertiary/aromatic N) is 1. The normalized spacial score (nSPS) is 20.4. The zero-order valence-electron chi connectivity index (χ0n) is 9.55. The van der Waals surface area contributed by atoms with Gasteiger partial charge in [-0.05, 0) is 6.92 Å². The molecule has 0 aromatic rings. The number of nitrogens with one attached hydrogen (secondary N) is 2. The number of amides is 2. The smallest absolute Gasteiger partial charge is 0.330 e. The Morgan fingerprint density at radius 2 is 1.94 bits per heavy atom. The van der Waals surface area contributed by atoms with E-state index in [2.05, 4.69) is 10.7 Å². The maximum Gasteiger partial charge on any atom is 0.330 e. The van der Waals surface area contributed by atoms with Crippen LogP contribution in [0.2, 0.25) is 0 Å². The number of ether oxygens (including phenoxy) is 1. The van der Waals surface area contributed by atoms with Crippen molar-refractivity contribution in [1.82, 2.24) is 15.8 Å². The van der Waals surface area contributed by atoms with Gasteiger partial charge in [-0.3, -0.25) is 5.43 Å². The first kappa shape index (κ1) is 13.7. The quantitative estimate of drug-likeness (QED) is 0.474. The lowest BCUT2D eigenvalue weighted by Crippen LogP contribution is -2.56. The molecule has 98 valence electrons. The number of carbonyl (C=O) groups excluding carboxylic acids is 1. The molecule has 1 rings (SSSR count). The van der Waals surface area contributed by atoms with Crippen molar-refractivity contribution < 1.29 is 24.5 Å². The minimum atomic E-state index is -1.32. The highest BCUT2D eigenvalue weighted by molar-refractivity contribution is 5.82. The molecule has 1 fully saturated rings. The van der Waals surface area contributed by atoms with Gasteiger partial charge in [-0.2, -0.15) is 0 Å². The second kappa shape index (κ2) is 6.38. The van der Waals surface area contributed by atoms with Gasteiger partial charge in [0.25, 0.3) is 0 Å². The Hall–Kier alpha value is -1.38. The Morgan fingerprint density at radius 3 is 2.41 bits per heavy atom. The molecule has 0 aromatic carbocycles. The molecule has 2 unspecified atom stereocenters. The molecule has 0 bridgehead atoms. The standard InChI is InChI=1S/C9H17N3O5/c1-6(13)7(8(14)15)10-9(16)11-12-2-4-17-5-3-12/h6-7,13H,2-5H2,1H3,(H,14,15)(H2,10,11,16). The molecule has 4 N–H and O–H groups in total. The number of aliphatic hydroxyl groups excluding tert-OH is 1. The summed E-state index contributed by atoms with van der Waals surface area (Å²) in [5.41, 5.74) is 2.49. The van der Waals surface area contributed by atoms with E-state index in [0.717, 1.165) is 0 Å². The van der Waals surface area contributed by atoms with E-state index in [1.807, 2.05) is 0 Å². The van der Waals surface area contributed by atoms with Crippen molar-refractivity contribution in [2.45, 2.75) is 19.1 Å². The molecule has 0 radical (unpaired) electrons. The van der Waals surface area contributed by atoms with Crippen LogP contribution in [0.25, 0.3) is 0 Å². The van der Waals surface area contributed by atoms with Crippen molar-refractivity contribution in [2.75, 3.05) is 26.3 Å². The summed E-state index contributed by atoms with van der Waals surface area (Å²) in [5.74, 6) is -1.28. The molecule has 8 nitrogen and oxygen atoms in total. The molecular weight excluding hydrogens is 230 g/mol. The zero-order chi connectivity index (χ0) is 12.8. The molecule has 1 heterocycles. The zero-order valence-corrected chi connectivity index (χ0v) is 9.55. The average Bonchev–Trinajstić information content (AvgIpc) is 2.26. The fraction of sp³-hybridized carbons (Fsp3) is 0.778. The molecule has 1 aliphatic rings. The number of aliphatic carboxylic acids is 1. The van der Waals surface area contributed by atoms with Gasteiger partial charge in [0.1, 0.15) is 0 Å². The number of hydrogen-bond acceptors (Lipinski definition) is 5. The van der Waals surface area contributed by atoms with Crippen LogP contribution in [-0.4, -0.2) is 65.7 Å². The minimum absolute atomic E-state index is 0.513. The maximum atomic E-state index is 11.5. The van der Waals surface area contributed by atoms with Gasteiger partial charge in [-0.15, -0.1) is 0 Å². The lowest BCUT2D eigenvalue weighted by molar-refractivity contribution is -0.141. The lowest BCUT2D eigenvalue weighted by Gasteiger charge is -2.28. The van der Waals surface area contributed by atoms with Gasteiger partial charge in [0, 0.05) is 13.1 Å². The number of rotatable bonds is 4. The number of morpholine rings is 1. The predicted molar refractivity (Wildman–Crippen MR) is 57.2 cm³/mol. The third-order valence-corrected chi connectivity index (χ3v) is 2.31. The number of carbonyl (C=O) groups is 2. The summed E-state index contributed by atoms with van der Waals surface area (Å²) in [5, 5.41) is 21.7. The summed E-state index contributed by atoms with van der Waals surface area (Å²) in [6, 6.07) is -1.98. The van der Waals surface area contributed by atoms with Gasteiger partial charge in [-0.1, -0.05) is 0 Å². The first-order chi connectivity index (χ1) is 8.00. The first-order valence-corrected chi connectivity index (χ1v) is 5.31. The van der Waals surface area contributed by atoms with Gasteiger partial charge < -0.3 is 20.3 Å². The molecule has 1 aliphatic heterocycles. The lowest BCUT2D eigenvalue weighted by atomic mass is 10.2. The van der Waals surface area contributed by atoms with Crippen LogP contribution in [0, 0.1) is 0 Å². The van der Waals surface area contributed by atoms with Crippen molar-refractivity contribution in [2.24, 2.45) is 0 Å². The van der Waals surface area contributed by atoms with E-state index in [-0.39, 0.29) is 0 Å². The first-order valence-electron chi connectivity index (χ1n) is 5.31. The monoisotopic (exact) mass is 247 g/mol. The SMILES string of the molecule is CC(O)C(NC(=O)NN1CCOCC1)C(=O)O. The highest BCUT2D eigenvalue weighted by Gasteiger charge is 2.25. The van der Waals surface area contributed by atoms with Crippen molar-refractivity contribution in [3.8, 4) is 0 Å². The Balaban J connectivity index is 2.38. The second-order valence-electron chi connectivity index (χ2n) is 3.74. The second-order valence-corrected chi connectivity index (χ2v) is 3.74. The molecule has 17 heavy (non-hydrogen) atoms. The number of carboxylic acids is 1. The average molecular weight is 247 g/mol. The number of hydrazine groups is 1. The minimum Gasteiger partial charge on any atom is -0.480 e. The number of aliphatic hydroxyl groups is 1. The van der Waals surface area contributed by atoms with Gasteiger partial charge in [0.15, 0.2) is 6.04 Å². The molecule has 0 aromatic heterocycles. The summed E-state index contributed by atoms with van der Waals surface area (Å²) in [6.45, 7) is 3.41. The van der Waals surface area contributed by atoms with Gasteiger partial charge >= 0.3 is 12.0 Å². The molecule has 0 aliphatic carbocycles. The van der Waals surface area contributed by atoms with Gasteiger partial charge in [-0.25, -0.2) is 14.6 Å². The molecule has 2 amide bonds. The van der Waals surface area contributed by atoms with Crippen molar-refractivity contribution >= 4 is 12.0 Å². The number of urea groups is 1. The van der Waals surface area contributed by atoms with Crippen LogP contribution >= 0.6 is 0 Å². The third kappa shape index (κ3) is 4.55. The summed E-state index contributed by atoms with van der Waals surface area (Å²) < 4.78 is 5.09. The van der Waals surface area contributed by atoms with E-state index in [0.29, 0.717) is 26.3 Å². The Kier molecular flexibility index (Phi) is 5.13. The van der Waals surface area contributed by atoms with E-state index in [1.165, 1.54) is 6.92 Å². The van der Waals surface area contributed by atoms with Crippen molar-refractivity contribution in [1.29, 1.82) is 0 Å². The fourth-order valence-corrected chi connectivity index (χ4v) is 1.38. The molecule has 0 spiro atoms. The summed E-state index contributed by atoms with van der Waals surface area (Å²) in [7, 11) is 0. The van der Waals surface area contributed by atoms with E-state index in [1.54, 1.807) is 5.01 Å². The summed E-state index contributed by atoms with van der Waals surface area (Å²) in [4.78, 5) is 22.2. The molecule has 2 atom stereocenters.